The van der Waals surface area contributed by atoms with Gasteiger partial charge in [-0.2, -0.15) is 0 Å². The van der Waals surface area contributed by atoms with Crippen LogP contribution in [0.1, 0.15) is 168 Å². The quantitative estimate of drug-likeness (QED) is 0.0397. The Morgan fingerprint density at radius 1 is 0.490 bits per heavy atom. The predicted molar refractivity (Wildman–Crippen MR) is 223 cm³/mol. The molecule has 0 aromatic rings. The fraction of sp³-hybridized carbons (Fsp3) is 0.638. The second-order valence-electron chi connectivity index (χ2n) is 13.3. The van der Waals surface area contributed by atoms with Gasteiger partial charge in [0.25, 0.3) is 0 Å². The van der Waals surface area contributed by atoms with Gasteiger partial charge in [-0.05, 0) is 96.3 Å². The topological polar surface area (TPSA) is 55.8 Å². The lowest BCUT2D eigenvalue weighted by atomic mass is 10.1. The molecule has 0 aromatic heterocycles. The van der Waals surface area contributed by atoms with E-state index in [1.54, 1.807) is 0 Å². The van der Waals surface area contributed by atoms with Gasteiger partial charge in [0.1, 0.15) is 6.10 Å². The van der Waals surface area contributed by atoms with Crippen molar-refractivity contribution in [1.29, 1.82) is 0 Å². The van der Waals surface area contributed by atoms with Crippen molar-refractivity contribution in [3.63, 3.8) is 0 Å². The van der Waals surface area contributed by atoms with Crippen LogP contribution in [0, 0.1) is 0 Å². The number of carbonyl (C=O) groups is 1. The molecule has 0 aliphatic rings. The molecule has 0 aliphatic carbocycles. The summed E-state index contributed by atoms with van der Waals surface area (Å²) in [5, 5.41) is 9.58. The first-order chi connectivity index (χ1) is 25.2. The summed E-state index contributed by atoms with van der Waals surface area (Å²) in [6.45, 7) is 5.13. The lowest BCUT2D eigenvalue weighted by molar-refractivity contribution is -0.154. The van der Waals surface area contributed by atoms with E-state index in [9.17, 15) is 9.90 Å². The van der Waals surface area contributed by atoms with Crippen molar-refractivity contribution < 1.29 is 19.4 Å². The van der Waals surface area contributed by atoms with Crippen molar-refractivity contribution in [2.45, 2.75) is 174 Å². The fourth-order valence-electron chi connectivity index (χ4n) is 5.30. The Labute approximate surface area is 315 Å². The van der Waals surface area contributed by atoms with Gasteiger partial charge in [0.2, 0.25) is 0 Å². The Bertz CT molecular complexity index is 965. The number of carbonyl (C=O) groups excluding carboxylic acids is 1. The Kier molecular flexibility index (Phi) is 41.2. The van der Waals surface area contributed by atoms with Crippen molar-refractivity contribution in [3.05, 3.63) is 97.2 Å². The Hall–Kier alpha value is -2.69. The summed E-state index contributed by atoms with van der Waals surface area (Å²) in [5.74, 6) is -0.225. The highest BCUT2D eigenvalue weighted by Gasteiger charge is 2.13. The molecule has 0 spiro atoms. The maximum atomic E-state index is 12.2. The molecule has 0 fully saturated rings. The highest BCUT2D eigenvalue weighted by molar-refractivity contribution is 5.69. The van der Waals surface area contributed by atoms with Gasteiger partial charge in [-0.3, -0.25) is 4.79 Å². The standard InChI is InChI=1S/C47H78O4/c1-3-5-7-9-11-13-15-17-18-19-20-21-22-23-24-25-26-27-28-29-31-33-35-37-39-41-43-50-45-46(44-48)51-47(49)42-40-38-36-34-32-30-16-14-12-10-8-6-4-2/h5,7,11,13-14,16-18,20-21,23-24,26-27,29,31,46,48H,3-4,6,8-10,12,15,19,22,25,28,30,32-45H2,1-2H3/b7-5-,13-11-,16-14-,18-17-,21-20-,24-23-,27-26-,31-29-. The molecule has 0 amide bonds. The summed E-state index contributed by atoms with van der Waals surface area (Å²) in [6, 6.07) is 0. The Morgan fingerprint density at radius 3 is 1.35 bits per heavy atom. The summed E-state index contributed by atoms with van der Waals surface area (Å²) >= 11 is 0. The number of ether oxygens (including phenoxy) is 2. The molecular weight excluding hydrogens is 629 g/mol. The predicted octanol–water partition coefficient (Wildman–Crippen LogP) is 13.8. The van der Waals surface area contributed by atoms with Crippen molar-refractivity contribution in [3.8, 4) is 0 Å². The molecule has 0 bridgehead atoms. The second kappa shape index (κ2) is 43.5. The van der Waals surface area contributed by atoms with Crippen LogP contribution in [0.3, 0.4) is 0 Å². The monoisotopic (exact) mass is 707 g/mol. The largest absolute Gasteiger partial charge is 0.457 e. The van der Waals surface area contributed by atoms with E-state index in [4.69, 9.17) is 9.47 Å². The molecule has 0 rings (SSSR count). The van der Waals surface area contributed by atoms with E-state index in [0.29, 0.717) is 13.0 Å². The first kappa shape index (κ1) is 48.3. The first-order valence-electron chi connectivity index (χ1n) is 20.8. The van der Waals surface area contributed by atoms with E-state index in [0.717, 1.165) is 89.9 Å². The van der Waals surface area contributed by atoms with E-state index in [1.165, 1.54) is 57.8 Å². The van der Waals surface area contributed by atoms with Crippen molar-refractivity contribution in [2.75, 3.05) is 19.8 Å². The number of aliphatic hydroxyl groups excluding tert-OH is 1. The van der Waals surface area contributed by atoms with Crippen molar-refractivity contribution >= 4 is 5.97 Å². The van der Waals surface area contributed by atoms with Gasteiger partial charge in [-0.25, -0.2) is 0 Å². The van der Waals surface area contributed by atoms with Crippen molar-refractivity contribution in [2.24, 2.45) is 0 Å². The highest BCUT2D eigenvalue weighted by Crippen LogP contribution is 2.11. The molecular formula is C47H78O4. The van der Waals surface area contributed by atoms with Gasteiger partial charge in [0, 0.05) is 13.0 Å². The average molecular weight is 707 g/mol. The lowest BCUT2D eigenvalue weighted by Crippen LogP contribution is -2.27. The number of hydrogen-bond acceptors (Lipinski definition) is 4. The number of rotatable bonds is 37. The summed E-state index contributed by atoms with van der Waals surface area (Å²) in [6.07, 6.45) is 61.8. The van der Waals surface area contributed by atoms with E-state index in [-0.39, 0.29) is 19.2 Å². The van der Waals surface area contributed by atoms with Gasteiger partial charge < -0.3 is 14.6 Å². The summed E-state index contributed by atoms with van der Waals surface area (Å²) in [5.41, 5.74) is 0. The van der Waals surface area contributed by atoms with Crippen LogP contribution in [-0.4, -0.2) is 37.0 Å². The van der Waals surface area contributed by atoms with Crippen LogP contribution < -0.4 is 0 Å². The van der Waals surface area contributed by atoms with E-state index in [2.05, 4.69) is 111 Å². The van der Waals surface area contributed by atoms with E-state index >= 15 is 0 Å². The molecule has 1 unspecified atom stereocenters. The third kappa shape index (κ3) is 41.6. The first-order valence-corrected chi connectivity index (χ1v) is 20.8. The SMILES string of the molecule is CC/C=C\C/C=C\C/C=C\C/C=C\C/C=C\C/C=C\C/C=C\CCCCCCOCC(CO)OC(=O)CCCCCCC/C=C\CCCCCC. The van der Waals surface area contributed by atoms with Crippen molar-refractivity contribution in [1.82, 2.24) is 0 Å². The summed E-state index contributed by atoms with van der Waals surface area (Å²) in [7, 11) is 0. The molecule has 0 radical (unpaired) electrons. The van der Waals surface area contributed by atoms with Crippen LogP contribution >= 0.6 is 0 Å². The van der Waals surface area contributed by atoms with Crippen LogP contribution in [0.4, 0.5) is 0 Å². The average Bonchev–Trinajstić information content (AvgIpc) is 3.14. The Morgan fingerprint density at radius 2 is 0.882 bits per heavy atom. The zero-order chi connectivity index (χ0) is 37.0. The third-order valence-corrected chi connectivity index (χ3v) is 8.39. The fourth-order valence-corrected chi connectivity index (χ4v) is 5.30. The zero-order valence-corrected chi connectivity index (χ0v) is 33.1. The molecule has 4 nitrogen and oxygen atoms in total. The number of allylic oxidation sites excluding steroid dienone is 16. The van der Waals surface area contributed by atoms with E-state index in [1.807, 2.05) is 0 Å². The maximum Gasteiger partial charge on any atom is 0.306 e. The minimum atomic E-state index is -0.558. The minimum absolute atomic E-state index is 0.192. The number of hydrogen-bond donors (Lipinski definition) is 1. The molecule has 0 aliphatic heterocycles. The number of esters is 1. The van der Waals surface area contributed by atoms with Gasteiger partial charge in [0.05, 0.1) is 13.2 Å². The number of unbranched alkanes of at least 4 members (excludes halogenated alkanes) is 13. The molecule has 0 saturated heterocycles. The molecule has 0 saturated carbocycles. The zero-order valence-electron chi connectivity index (χ0n) is 33.1. The molecule has 0 aromatic carbocycles. The second-order valence-corrected chi connectivity index (χ2v) is 13.3. The lowest BCUT2D eigenvalue weighted by Gasteiger charge is -2.15. The van der Waals surface area contributed by atoms with Gasteiger partial charge in [-0.1, -0.05) is 162 Å². The van der Waals surface area contributed by atoms with Gasteiger partial charge in [-0.15, -0.1) is 0 Å². The van der Waals surface area contributed by atoms with Gasteiger partial charge in [0.15, 0.2) is 0 Å². The Balaban J connectivity index is 3.58. The molecule has 4 heteroatoms. The molecule has 51 heavy (non-hydrogen) atoms. The molecule has 290 valence electrons. The minimum Gasteiger partial charge on any atom is -0.457 e. The maximum absolute atomic E-state index is 12.2. The van der Waals surface area contributed by atoms with Crippen LogP contribution in [0.15, 0.2) is 97.2 Å². The molecule has 1 N–H and O–H groups in total. The third-order valence-electron chi connectivity index (χ3n) is 8.39. The van der Waals surface area contributed by atoms with Crippen LogP contribution in [0.25, 0.3) is 0 Å². The molecule has 1 atom stereocenters. The summed E-state index contributed by atoms with van der Waals surface area (Å²) in [4.78, 5) is 12.2. The number of aliphatic hydroxyl groups is 1. The van der Waals surface area contributed by atoms with Crippen LogP contribution in [0.5, 0.6) is 0 Å². The smallest absolute Gasteiger partial charge is 0.306 e. The van der Waals surface area contributed by atoms with Gasteiger partial charge >= 0.3 is 5.97 Å². The summed E-state index contributed by atoms with van der Waals surface area (Å²) < 4.78 is 11.1. The van der Waals surface area contributed by atoms with Crippen LogP contribution in [-0.2, 0) is 14.3 Å². The van der Waals surface area contributed by atoms with Crippen LogP contribution in [0.2, 0.25) is 0 Å². The molecule has 0 heterocycles. The normalized spacial score (nSPS) is 13.4. The van der Waals surface area contributed by atoms with E-state index < -0.39 is 6.10 Å². The highest BCUT2D eigenvalue weighted by atomic mass is 16.6.